The fourth-order valence-electron chi connectivity index (χ4n) is 0.622. The summed E-state index contributed by atoms with van der Waals surface area (Å²) in [6.45, 7) is -0.274. The van der Waals surface area contributed by atoms with Gasteiger partial charge < -0.3 is 11.5 Å². The van der Waals surface area contributed by atoms with E-state index in [1.807, 2.05) is 0 Å². The van der Waals surface area contributed by atoms with Gasteiger partial charge in [0.2, 0.25) is 0 Å². The Balaban J connectivity index is 4.66. The molecule has 0 aromatic rings. The van der Waals surface area contributed by atoms with E-state index in [0.717, 1.165) is 0 Å². The molecule has 0 rings (SSSR count). The summed E-state index contributed by atoms with van der Waals surface area (Å²) in [6, 6.07) is 0. The van der Waals surface area contributed by atoms with Gasteiger partial charge in [-0.3, -0.25) is 9.59 Å². The summed E-state index contributed by atoms with van der Waals surface area (Å²) in [5.74, 6) is -1.87. The first kappa shape index (κ1) is 11.8. The van der Waals surface area contributed by atoms with Gasteiger partial charge in [-0.1, -0.05) is 0 Å². The average molecular weight is 213 g/mol. The van der Waals surface area contributed by atoms with Crippen LogP contribution >= 0.6 is 23.2 Å². The minimum atomic E-state index is -1.70. The maximum Gasteiger partial charge on any atom is 0.176 e. The van der Waals surface area contributed by atoms with E-state index in [0.29, 0.717) is 0 Å². The minimum Gasteiger partial charge on any atom is -0.328 e. The maximum absolute atomic E-state index is 11.0. The Morgan fingerprint density at radius 2 is 1.50 bits per heavy atom. The highest BCUT2D eigenvalue weighted by atomic mass is 35.5. The van der Waals surface area contributed by atoms with Crippen molar-refractivity contribution in [2.75, 3.05) is 18.3 Å². The van der Waals surface area contributed by atoms with Gasteiger partial charge in [0.05, 0.1) is 11.8 Å². The molecule has 0 heterocycles. The highest BCUT2D eigenvalue weighted by Crippen LogP contribution is 2.05. The molecular weight excluding hydrogens is 203 g/mol. The van der Waals surface area contributed by atoms with Crippen LogP contribution in [0.4, 0.5) is 0 Å². The van der Waals surface area contributed by atoms with Crippen LogP contribution in [0.25, 0.3) is 0 Å². The smallest absolute Gasteiger partial charge is 0.176 e. The van der Waals surface area contributed by atoms with Crippen LogP contribution in [-0.4, -0.2) is 35.4 Å². The first-order valence-corrected chi connectivity index (χ1v) is 4.27. The molecule has 4 N–H and O–H groups in total. The van der Waals surface area contributed by atoms with E-state index in [-0.39, 0.29) is 18.3 Å². The molecule has 0 radical (unpaired) electrons. The van der Waals surface area contributed by atoms with E-state index in [2.05, 4.69) is 0 Å². The molecule has 0 saturated heterocycles. The lowest BCUT2D eigenvalue weighted by Crippen LogP contribution is -2.61. The van der Waals surface area contributed by atoms with Crippen LogP contribution in [0.2, 0.25) is 0 Å². The molecular formula is C6H10Cl2N2O2. The first-order chi connectivity index (χ1) is 5.52. The monoisotopic (exact) mass is 212 g/mol. The van der Waals surface area contributed by atoms with Gasteiger partial charge in [-0.15, -0.1) is 23.2 Å². The van der Waals surface area contributed by atoms with E-state index in [4.69, 9.17) is 34.7 Å². The second-order valence-electron chi connectivity index (χ2n) is 2.29. The van der Waals surface area contributed by atoms with Crippen LogP contribution in [0.15, 0.2) is 0 Å². The van der Waals surface area contributed by atoms with E-state index >= 15 is 0 Å². The summed E-state index contributed by atoms with van der Waals surface area (Å²) in [5, 5.41) is 0. The quantitative estimate of drug-likeness (QED) is 0.465. The number of hydrogen-bond donors (Lipinski definition) is 2. The van der Waals surface area contributed by atoms with Gasteiger partial charge in [0.1, 0.15) is 5.54 Å². The molecule has 4 nitrogen and oxygen atoms in total. The number of alkyl halides is 2. The predicted molar refractivity (Wildman–Crippen MR) is 47.4 cm³/mol. The minimum absolute atomic E-state index is 0.274. The molecule has 0 amide bonds. The second-order valence-corrected chi connectivity index (χ2v) is 2.82. The zero-order valence-electron chi connectivity index (χ0n) is 6.35. The number of nitrogens with two attached hydrogens (primary N) is 2. The van der Waals surface area contributed by atoms with Crippen LogP contribution < -0.4 is 11.5 Å². The third-order valence-electron chi connectivity index (χ3n) is 1.56. The van der Waals surface area contributed by atoms with Gasteiger partial charge in [-0.05, 0) is 0 Å². The molecule has 0 atom stereocenters. The van der Waals surface area contributed by atoms with Gasteiger partial charge in [0, 0.05) is 6.54 Å². The number of Topliss-reactive ketones (excluding diaryl/α,β-unsaturated/α-hetero) is 2. The van der Waals surface area contributed by atoms with Crippen molar-refractivity contribution < 1.29 is 9.59 Å². The molecule has 0 bridgehead atoms. The van der Waals surface area contributed by atoms with Crippen molar-refractivity contribution in [2.45, 2.75) is 5.54 Å². The van der Waals surface area contributed by atoms with Crippen molar-refractivity contribution in [1.29, 1.82) is 0 Å². The van der Waals surface area contributed by atoms with Gasteiger partial charge in [-0.25, -0.2) is 0 Å². The van der Waals surface area contributed by atoms with Crippen molar-refractivity contribution in [3.05, 3.63) is 0 Å². The van der Waals surface area contributed by atoms with Gasteiger partial charge in [0.25, 0.3) is 0 Å². The van der Waals surface area contributed by atoms with E-state index in [1.54, 1.807) is 0 Å². The third kappa shape index (κ3) is 2.17. The van der Waals surface area contributed by atoms with E-state index in [9.17, 15) is 9.59 Å². The Bertz CT molecular complexity index is 180. The van der Waals surface area contributed by atoms with Crippen LogP contribution in [0.5, 0.6) is 0 Å². The molecule has 0 aliphatic rings. The summed E-state index contributed by atoms with van der Waals surface area (Å²) < 4.78 is 0. The standard InChI is InChI=1S/C6H10Cl2N2O2/c7-1-4(11)6(10,3-9)5(12)2-8/h1-3,9-10H2. The Morgan fingerprint density at radius 3 is 1.67 bits per heavy atom. The van der Waals surface area contributed by atoms with Crippen molar-refractivity contribution >= 4 is 34.8 Å². The normalized spacial score (nSPS) is 11.3. The number of hydrogen-bond acceptors (Lipinski definition) is 4. The fourth-order valence-corrected chi connectivity index (χ4v) is 1.10. The van der Waals surface area contributed by atoms with Crippen molar-refractivity contribution in [3.63, 3.8) is 0 Å². The van der Waals surface area contributed by atoms with Gasteiger partial charge >= 0.3 is 0 Å². The SMILES string of the molecule is NCC(N)(C(=O)CCl)C(=O)CCl. The van der Waals surface area contributed by atoms with Gasteiger partial charge in [-0.2, -0.15) is 0 Å². The molecule has 0 unspecified atom stereocenters. The van der Waals surface area contributed by atoms with Crippen LogP contribution in [0.1, 0.15) is 0 Å². The lowest BCUT2D eigenvalue weighted by atomic mass is 9.92. The van der Waals surface area contributed by atoms with E-state index in [1.165, 1.54) is 0 Å². The predicted octanol–water partition coefficient (Wildman–Crippen LogP) is -0.742. The summed E-state index contributed by atoms with van der Waals surface area (Å²) in [4.78, 5) is 22.1. The molecule has 70 valence electrons. The number of carbonyl (C=O) groups is 2. The zero-order valence-corrected chi connectivity index (χ0v) is 7.86. The Labute approximate surface area is 80.2 Å². The topological polar surface area (TPSA) is 86.2 Å². The Morgan fingerprint density at radius 1 is 1.17 bits per heavy atom. The number of rotatable bonds is 5. The molecule has 0 aromatic heterocycles. The lowest BCUT2D eigenvalue weighted by Gasteiger charge is -2.22. The third-order valence-corrected chi connectivity index (χ3v) is 2.05. The molecule has 0 fully saturated rings. The molecule has 6 heteroatoms. The van der Waals surface area contributed by atoms with Crippen molar-refractivity contribution in [3.8, 4) is 0 Å². The molecule has 0 spiro atoms. The van der Waals surface area contributed by atoms with Crippen LogP contribution in [0.3, 0.4) is 0 Å². The van der Waals surface area contributed by atoms with Gasteiger partial charge in [0.15, 0.2) is 11.6 Å². The Kier molecular flexibility index (Phi) is 4.70. The average Bonchev–Trinajstić information content (AvgIpc) is 2.13. The van der Waals surface area contributed by atoms with E-state index < -0.39 is 17.1 Å². The summed E-state index contributed by atoms with van der Waals surface area (Å²) >= 11 is 10.5. The first-order valence-electron chi connectivity index (χ1n) is 3.20. The fraction of sp³-hybridized carbons (Fsp3) is 0.667. The molecule has 0 aliphatic heterocycles. The highest BCUT2D eigenvalue weighted by Gasteiger charge is 2.38. The second kappa shape index (κ2) is 4.77. The van der Waals surface area contributed by atoms with Crippen molar-refractivity contribution in [2.24, 2.45) is 11.5 Å². The number of halogens is 2. The van der Waals surface area contributed by atoms with Crippen LogP contribution in [0, 0.1) is 0 Å². The van der Waals surface area contributed by atoms with Crippen molar-refractivity contribution in [1.82, 2.24) is 0 Å². The summed E-state index contributed by atoms with van der Waals surface area (Å²) in [6.07, 6.45) is 0. The lowest BCUT2D eigenvalue weighted by molar-refractivity contribution is -0.131. The summed E-state index contributed by atoms with van der Waals surface area (Å²) in [7, 11) is 0. The van der Waals surface area contributed by atoms with Crippen LogP contribution in [-0.2, 0) is 9.59 Å². The highest BCUT2D eigenvalue weighted by molar-refractivity contribution is 6.36. The molecule has 0 aliphatic carbocycles. The Hall–Kier alpha value is -0.160. The number of ketones is 2. The molecule has 0 saturated carbocycles. The number of carbonyl (C=O) groups excluding carboxylic acids is 2. The molecule has 12 heavy (non-hydrogen) atoms. The maximum atomic E-state index is 11.0. The summed E-state index contributed by atoms with van der Waals surface area (Å²) in [5.41, 5.74) is 8.88. The molecule has 0 aromatic carbocycles. The zero-order chi connectivity index (χ0) is 9.78. The largest absolute Gasteiger partial charge is 0.328 e.